The lowest BCUT2D eigenvalue weighted by molar-refractivity contribution is 0.102. The van der Waals surface area contributed by atoms with Crippen LogP contribution in [0, 0.1) is 0 Å². The Balaban J connectivity index is 2.10. The van der Waals surface area contributed by atoms with Crippen LogP contribution in [0.5, 0.6) is 17.2 Å². The van der Waals surface area contributed by atoms with E-state index in [2.05, 4.69) is 24.1 Å². The summed E-state index contributed by atoms with van der Waals surface area (Å²) in [6.45, 7) is 7.60. The summed E-state index contributed by atoms with van der Waals surface area (Å²) in [5, 5.41) is 2.91. The highest BCUT2D eigenvalue weighted by Crippen LogP contribution is 2.28. The summed E-state index contributed by atoms with van der Waals surface area (Å²) in [5.41, 5.74) is 1.05. The first-order valence-corrected chi connectivity index (χ1v) is 9.10. The number of carbonyl (C=O) groups is 1. The Labute approximate surface area is 161 Å². The van der Waals surface area contributed by atoms with Crippen molar-refractivity contribution in [3.63, 3.8) is 0 Å². The number of rotatable bonds is 10. The Kier molecular flexibility index (Phi) is 7.95. The van der Waals surface area contributed by atoms with Crippen LogP contribution in [0.25, 0.3) is 0 Å². The molecule has 0 unspecified atom stereocenters. The normalized spacial score (nSPS) is 10.6. The van der Waals surface area contributed by atoms with Gasteiger partial charge in [0.15, 0.2) is 0 Å². The van der Waals surface area contributed by atoms with Gasteiger partial charge in [-0.25, -0.2) is 0 Å². The molecule has 0 heterocycles. The number of amides is 1. The Morgan fingerprint density at radius 3 is 2.41 bits per heavy atom. The van der Waals surface area contributed by atoms with Crippen molar-refractivity contribution in [2.24, 2.45) is 0 Å². The zero-order valence-electron chi connectivity index (χ0n) is 16.5. The average Bonchev–Trinajstić information content (AvgIpc) is 2.71. The molecule has 0 spiro atoms. The fourth-order valence-electron chi connectivity index (χ4n) is 2.70. The van der Waals surface area contributed by atoms with E-state index in [9.17, 15) is 4.79 Å². The third kappa shape index (κ3) is 5.62. The van der Waals surface area contributed by atoms with Crippen LogP contribution in [0.15, 0.2) is 42.5 Å². The van der Waals surface area contributed by atoms with Crippen LogP contribution < -0.4 is 19.5 Å². The van der Waals surface area contributed by atoms with Gasteiger partial charge in [0.05, 0.1) is 25.5 Å². The average molecular weight is 372 g/mol. The molecule has 0 saturated heterocycles. The van der Waals surface area contributed by atoms with Gasteiger partial charge in [-0.15, -0.1) is 0 Å². The van der Waals surface area contributed by atoms with E-state index in [-0.39, 0.29) is 5.91 Å². The molecule has 2 aromatic carbocycles. The smallest absolute Gasteiger partial charge is 0.259 e. The topological polar surface area (TPSA) is 60.0 Å². The first-order valence-electron chi connectivity index (χ1n) is 9.10. The van der Waals surface area contributed by atoms with Crippen LogP contribution in [0.2, 0.25) is 0 Å². The van der Waals surface area contributed by atoms with E-state index >= 15 is 0 Å². The summed E-state index contributed by atoms with van der Waals surface area (Å²) in [5.74, 6) is 1.45. The SMILES string of the molecule is CCN(CC)CCOc1ccccc1NC(=O)c1ccc(OC)cc1OC. The van der Waals surface area contributed by atoms with Gasteiger partial charge in [0.1, 0.15) is 23.9 Å². The van der Waals surface area contributed by atoms with Crippen LogP contribution in [0.3, 0.4) is 0 Å². The molecular formula is C21H28N2O4. The van der Waals surface area contributed by atoms with Crippen LogP contribution in [-0.4, -0.2) is 51.3 Å². The highest BCUT2D eigenvalue weighted by Gasteiger charge is 2.15. The molecule has 2 aromatic rings. The lowest BCUT2D eigenvalue weighted by Crippen LogP contribution is -2.28. The third-order valence-electron chi connectivity index (χ3n) is 4.35. The monoisotopic (exact) mass is 372 g/mol. The van der Waals surface area contributed by atoms with Gasteiger partial charge in [-0.2, -0.15) is 0 Å². The predicted molar refractivity (Wildman–Crippen MR) is 107 cm³/mol. The first-order chi connectivity index (χ1) is 13.1. The summed E-state index contributed by atoms with van der Waals surface area (Å²) in [4.78, 5) is 15.0. The van der Waals surface area contributed by atoms with Crippen molar-refractivity contribution in [3.8, 4) is 17.2 Å². The number of para-hydroxylation sites is 2. The number of ether oxygens (including phenoxy) is 3. The highest BCUT2D eigenvalue weighted by atomic mass is 16.5. The van der Waals surface area contributed by atoms with E-state index in [1.54, 1.807) is 25.3 Å². The molecule has 0 aliphatic rings. The molecule has 0 aliphatic carbocycles. The summed E-state index contributed by atoms with van der Waals surface area (Å²) in [6, 6.07) is 12.5. The molecule has 6 heteroatoms. The van der Waals surface area contributed by atoms with Gasteiger partial charge < -0.3 is 24.4 Å². The number of methoxy groups -OCH3 is 2. The fourth-order valence-corrected chi connectivity index (χ4v) is 2.70. The molecule has 2 rings (SSSR count). The summed E-state index contributed by atoms with van der Waals surface area (Å²) >= 11 is 0. The molecule has 0 bridgehead atoms. The van der Waals surface area contributed by atoms with Crippen molar-refractivity contribution in [3.05, 3.63) is 48.0 Å². The van der Waals surface area contributed by atoms with Crippen molar-refractivity contribution >= 4 is 11.6 Å². The number of nitrogens with zero attached hydrogens (tertiary/aromatic N) is 1. The van der Waals surface area contributed by atoms with Gasteiger partial charge in [-0.05, 0) is 37.4 Å². The van der Waals surface area contributed by atoms with Crippen molar-refractivity contribution in [2.75, 3.05) is 45.8 Å². The van der Waals surface area contributed by atoms with Gasteiger partial charge in [-0.1, -0.05) is 26.0 Å². The minimum absolute atomic E-state index is 0.269. The molecule has 0 aromatic heterocycles. The van der Waals surface area contributed by atoms with Crippen LogP contribution >= 0.6 is 0 Å². The number of anilines is 1. The van der Waals surface area contributed by atoms with E-state index < -0.39 is 0 Å². The molecule has 6 nitrogen and oxygen atoms in total. The van der Waals surface area contributed by atoms with Gasteiger partial charge in [0.2, 0.25) is 0 Å². The van der Waals surface area contributed by atoms with Crippen LogP contribution in [0.4, 0.5) is 5.69 Å². The van der Waals surface area contributed by atoms with Crippen LogP contribution in [0.1, 0.15) is 24.2 Å². The maximum absolute atomic E-state index is 12.7. The van der Waals surface area contributed by atoms with Gasteiger partial charge in [0.25, 0.3) is 5.91 Å². The summed E-state index contributed by atoms with van der Waals surface area (Å²) in [6.07, 6.45) is 0. The minimum Gasteiger partial charge on any atom is -0.497 e. The molecular weight excluding hydrogens is 344 g/mol. The van der Waals surface area contributed by atoms with Crippen molar-refractivity contribution in [1.29, 1.82) is 0 Å². The van der Waals surface area contributed by atoms with E-state index in [1.165, 1.54) is 7.11 Å². The zero-order chi connectivity index (χ0) is 19.6. The standard InChI is InChI=1S/C21H28N2O4/c1-5-23(6-2)13-14-27-19-10-8-7-9-18(19)22-21(24)17-12-11-16(25-3)15-20(17)26-4/h7-12,15H,5-6,13-14H2,1-4H3,(H,22,24). The quantitative estimate of drug-likeness (QED) is 0.689. The van der Waals surface area contributed by atoms with Crippen molar-refractivity contribution in [1.82, 2.24) is 4.90 Å². The number of likely N-dealkylation sites (N-methyl/N-ethyl adjacent to an activating group) is 1. The third-order valence-corrected chi connectivity index (χ3v) is 4.35. The molecule has 1 amide bonds. The second-order valence-corrected chi connectivity index (χ2v) is 5.89. The maximum Gasteiger partial charge on any atom is 0.259 e. The number of hydrogen-bond acceptors (Lipinski definition) is 5. The molecule has 1 N–H and O–H groups in total. The largest absolute Gasteiger partial charge is 0.497 e. The fraction of sp³-hybridized carbons (Fsp3) is 0.381. The number of hydrogen-bond donors (Lipinski definition) is 1. The highest BCUT2D eigenvalue weighted by molar-refractivity contribution is 6.07. The second kappa shape index (κ2) is 10.4. The first kappa shape index (κ1) is 20.6. The molecule has 146 valence electrons. The number of benzene rings is 2. The Morgan fingerprint density at radius 1 is 1.00 bits per heavy atom. The van der Waals surface area contributed by atoms with Crippen LogP contribution in [-0.2, 0) is 0 Å². The second-order valence-electron chi connectivity index (χ2n) is 5.89. The Morgan fingerprint density at radius 2 is 1.74 bits per heavy atom. The Bertz CT molecular complexity index is 745. The molecule has 0 saturated carbocycles. The van der Waals surface area contributed by atoms with Gasteiger partial charge in [0, 0.05) is 12.6 Å². The lowest BCUT2D eigenvalue weighted by atomic mass is 10.1. The predicted octanol–water partition coefficient (Wildman–Crippen LogP) is 3.68. The van der Waals surface area contributed by atoms with Crippen molar-refractivity contribution in [2.45, 2.75) is 13.8 Å². The number of nitrogens with one attached hydrogen (secondary N) is 1. The van der Waals surface area contributed by atoms with E-state index in [4.69, 9.17) is 14.2 Å². The summed E-state index contributed by atoms with van der Waals surface area (Å²) in [7, 11) is 3.09. The van der Waals surface area contributed by atoms with E-state index in [0.717, 1.165) is 19.6 Å². The molecule has 0 fully saturated rings. The zero-order valence-corrected chi connectivity index (χ0v) is 16.5. The van der Waals surface area contributed by atoms with Gasteiger partial charge >= 0.3 is 0 Å². The van der Waals surface area contributed by atoms with E-state index in [0.29, 0.717) is 35.1 Å². The maximum atomic E-state index is 12.7. The van der Waals surface area contributed by atoms with E-state index in [1.807, 2.05) is 24.3 Å². The lowest BCUT2D eigenvalue weighted by Gasteiger charge is -2.19. The minimum atomic E-state index is -0.269. The van der Waals surface area contributed by atoms with Gasteiger partial charge in [-0.3, -0.25) is 4.79 Å². The molecule has 0 radical (unpaired) electrons. The Hall–Kier alpha value is -2.73. The molecule has 27 heavy (non-hydrogen) atoms. The van der Waals surface area contributed by atoms with Crippen molar-refractivity contribution < 1.29 is 19.0 Å². The molecule has 0 aliphatic heterocycles. The number of carbonyl (C=O) groups excluding carboxylic acids is 1. The molecule has 0 atom stereocenters. The summed E-state index contributed by atoms with van der Waals surface area (Å²) < 4.78 is 16.4.